The zero-order chi connectivity index (χ0) is 16.9. The molecule has 2 rings (SSSR count). The zero-order valence-corrected chi connectivity index (χ0v) is 13.5. The van der Waals surface area contributed by atoms with Crippen molar-refractivity contribution in [3.63, 3.8) is 0 Å². The second-order valence-corrected chi connectivity index (χ2v) is 6.34. The molecule has 2 N–H and O–H groups in total. The van der Waals surface area contributed by atoms with Gasteiger partial charge in [0.2, 0.25) is 0 Å². The molecule has 1 heterocycles. The smallest absolute Gasteiger partial charge is 0.310 e. The molecule has 1 saturated heterocycles. The maximum absolute atomic E-state index is 12.0. The minimum atomic E-state index is -1.00. The van der Waals surface area contributed by atoms with Gasteiger partial charge in [-0.1, -0.05) is 0 Å². The van der Waals surface area contributed by atoms with Crippen LogP contribution in [0.2, 0.25) is 0 Å². The highest BCUT2D eigenvalue weighted by molar-refractivity contribution is 5.94. The number of carboxylic acids is 1. The lowest BCUT2D eigenvalue weighted by Crippen LogP contribution is -2.38. The molecule has 23 heavy (non-hydrogen) atoms. The Labute approximate surface area is 135 Å². The van der Waals surface area contributed by atoms with Gasteiger partial charge in [0.25, 0.3) is 5.91 Å². The van der Waals surface area contributed by atoms with E-state index in [9.17, 15) is 9.59 Å². The summed E-state index contributed by atoms with van der Waals surface area (Å²) in [5.41, 5.74) is -0.532. The molecule has 6 nitrogen and oxygen atoms in total. The molecule has 0 radical (unpaired) electrons. The van der Waals surface area contributed by atoms with Gasteiger partial charge in [0, 0.05) is 18.7 Å². The van der Waals surface area contributed by atoms with Crippen LogP contribution in [0.4, 0.5) is 0 Å². The number of aliphatic carboxylic acids is 1. The Morgan fingerprint density at radius 1 is 1.35 bits per heavy atom. The molecule has 1 atom stereocenters. The van der Waals surface area contributed by atoms with Crippen LogP contribution < -0.4 is 10.1 Å². The van der Waals surface area contributed by atoms with Crippen molar-refractivity contribution in [2.45, 2.75) is 32.8 Å². The molecule has 1 aliphatic rings. The van der Waals surface area contributed by atoms with Crippen LogP contribution in [0.15, 0.2) is 24.3 Å². The first kappa shape index (κ1) is 17.3. The topological polar surface area (TPSA) is 84.9 Å². The highest BCUT2D eigenvalue weighted by Crippen LogP contribution is 2.17. The predicted molar refractivity (Wildman–Crippen MR) is 84.7 cm³/mol. The average Bonchev–Trinajstić information content (AvgIpc) is 3.04. The number of carboxylic acid groups (broad SMARTS) is 1. The fourth-order valence-corrected chi connectivity index (χ4v) is 2.15. The molecule has 126 valence electrons. The van der Waals surface area contributed by atoms with Gasteiger partial charge in [-0.05, 0) is 51.0 Å². The fraction of sp³-hybridized carbons (Fsp3) is 0.529. The van der Waals surface area contributed by atoms with E-state index in [-0.39, 0.29) is 18.6 Å². The van der Waals surface area contributed by atoms with E-state index < -0.39 is 11.4 Å². The summed E-state index contributed by atoms with van der Waals surface area (Å²) >= 11 is 0. The molecule has 0 bridgehead atoms. The minimum absolute atomic E-state index is 0.0679. The predicted octanol–water partition coefficient (Wildman–Crippen LogP) is 2.08. The van der Waals surface area contributed by atoms with Crippen LogP contribution in [0.5, 0.6) is 5.75 Å². The van der Waals surface area contributed by atoms with Gasteiger partial charge in [-0.25, -0.2) is 0 Å². The molecule has 0 spiro atoms. The van der Waals surface area contributed by atoms with Crippen LogP contribution in [-0.4, -0.2) is 42.8 Å². The maximum Gasteiger partial charge on any atom is 0.310 e. The van der Waals surface area contributed by atoms with Crippen LogP contribution in [0.25, 0.3) is 0 Å². The summed E-state index contributed by atoms with van der Waals surface area (Å²) in [6, 6.07) is 6.78. The van der Waals surface area contributed by atoms with E-state index in [2.05, 4.69) is 5.32 Å². The zero-order valence-electron chi connectivity index (χ0n) is 13.5. The molecule has 1 amide bonds. The highest BCUT2D eigenvalue weighted by Gasteiger charge is 2.27. The van der Waals surface area contributed by atoms with Gasteiger partial charge >= 0.3 is 5.97 Å². The molecule has 1 unspecified atom stereocenters. The second kappa shape index (κ2) is 7.46. The quantitative estimate of drug-likeness (QED) is 0.803. The molecule has 1 fully saturated rings. The van der Waals surface area contributed by atoms with E-state index in [1.807, 2.05) is 0 Å². The molecule has 1 aliphatic heterocycles. The molecular formula is C17H23NO5. The Hall–Kier alpha value is -2.08. The third kappa shape index (κ3) is 4.96. The van der Waals surface area contributed by atoms with Gasteiger partial charge in [-0.2, -0.15) is 0 Å². The van der Waals surface area contributed by atoms with Gasteiger partial charge < -0.3 is 19.9 Å². The van der Waals surface area contributed by atoms with Crippen molar-refractivity contribution in [1.29, 1.82) is 0 Å². The van der Waals surface area contributed by atoms with E-state index in [1.165, 1.54) is 0 Å². The fourth-order valence-electron chi connectivity index (χ4n) is 2.15. The first-order valence-corrected chi connectivity index (χ1v) is 7.74. The lowest BCUT2D eigenvalue weighted by molar-refractivity contribution is -0.146. The summed E-state index contributed by atoms with van der Waals surface area (Å²) in [6.45, 7) is 4.51. The Bertz CT molecular complexity index is 547. The summed E-state index contributed by atoms with van der Waals surface area (Å²) in [7, 11) is 0. The van der Waals surface area contributed by atoms with Gasteiger partial charge in [-0.3, -0.25) is 9.59 Å². The Morgan fingerprint density at radius 3 is 2.61 bits per heavy atom. The SMILES string of the molecule is CC(C)(CNC(=O)c1ccc(OCC2CCCO2)cc1)C(=O)O. The van der Waals surface area contributed by atoms with E-state index in [0.717, 1.165) is 19.4 Å². The number of amides is 1. The Balaban J connectivity index is 1.83. The van der Waals surface area contributed by atoms with E-state index in [1.54, 1.807) is 38.1 Å². The van der Waals surface area contributed by atoms with Gasteiger partial charge in [-0.15, -0.1) is 0 Å². The molecule has 0 aromatic heterocycles. The lowest BCUT2D eigenvalue weighted by atomic mass is 9.94. The van der Waals surface area contributed by atoms with Crippen molar-refractivity contribution in [1.82, 2.24) is 5.32 Å². The number of hydrogen-bond donors (Lipinski definition) is 2. The minimum Gasteiger partial charge on any atom is -0.491 e. The van der Waals surface area contributed by atoms with E-state index in [4.69, 9.17) is 14.6 Å². The molecule has 6 heteroatoms. The number of carbonyl (C=O) groups is 2. The summed E-state index contributed by atoms with van der Waals surface area (Å²) in [5, 5.41) is 11.7. The first-order chi connectivity index (χ1) is 10.9. The number of hydrogen-bond acceptors (Lipinski definition) is 4. The molecular weight excluding hydrogens is 298 g/mol. The van der Waals surface area contributed by atoms with Crippen molar-refractivity contribution in [2.24, 2.45) is 5.41 Å². The highest BCUT2D eigenvalue weighted by atomic mass is 16.5. The lowest BCUT2D eigenvalue weighted by Gasteiger charge is -2.19. The van der Waals surface area contributed by atoms with Crippen molar-refractivity contribution in [2.75, 3.05) is 19.8 Å². The number of ether oxygens (including phenoxy) is 2. The normalized spacial score (nSPS) is 17.7. The first-order valence-electron chi connectivity index (χ1n) is 7.74. The summed E-state index contributed by atoms with van der Waals surface area (Å²) in [4.78, 5) is 23.0. The van der Waals surface area contributed by atoms with Gasteiger partial charge in [0.1, 0.15) is 12.4 Å². The number of rotatable bonds is 7. The van der Waals surface area contributed by atoms with Crippen molar-refractivity contribution in [3.8, 4) is 5.75 Å². The number of nitrogens with one attached hydrogen (secondary N) is 1. The largest absolute Gasteiger partial charge is 0.491 e. The van der Waals surface area contributed by atoms with Crippen molar-refractivity contribution >= 4 is 11.9 Å². The van der Waals surface area contributed by atoms with E-state index in [0.29, 0.717) is 17.9 Å². The third-order valence-electron chi connectivity index (χ3n) is 3.85. The monoisotopic (exact) mass is 321 g/mol. The summed E-state index contributed by atoms with van der Waals surface area (Å²) < 4.78 is 11.1. The maximum atomic E-state index is 12.0. The van der Waals surface area contributed by atoms with E-state index >= 15 is 0 Å². The van der Waals surface area contributed by atoms with Crippen LogP contribution >= 0.6 is 0 Å². The molecule has 1 aromatic carbocycles. The van der Waals surface area contributed by atoms with Crippen LogP contribution in [0.3, 0.4) is 0 Å². The van der Waals surface area contributed by atoms with Crippen molar-refractivity contribution in [3.05, 3.63) is 29.8 Å². The van der Waals surface area contributed by atoms with Gasteiger partial charge in [0.05, 0.1) is 11.5 Å². The van der Waals surface area contributed by atoms with Crippen LogP contribution in [-0.2, 0) is 9.53 Å². The van der Waals surface area contributed by atoms with Crippen LogP contribution in [0.1, 0.15) is 37.0 Å². The van der Waals surface area contributed by atoms with Crippen molar-refractivity contribution < 1.29 is 24.2 Å². The molecule has 0 aliphatic carbocycles. The third-order valence-corrected chi connectivity index (χ3v) is 3.85. The molecule has 0 saturated carbocycles. The van der Waals surface area contributed by atoms with Gasteiger partial charge in [0.15, 0.2) is 0 Å². The molecule has 1 aromatic rings. The summed E-state index contributed by atoms with van der Waals surface area (Å²) in [5.74, 6) is -0.566. The number of carbonyl (C=O) groups excluding carboxylic acids is 1. The Kier molecular flexibility index (Phi) is 5.60. The Morgan fingerprint density at radius 2 is 2.04 bits per heavy atom. The van der Waals surface area contributed by atoms with Crippen LogP contribution in [0, 0.1) is 5.41 Å². The average molecular weight is 321 g/mol. The number of benzene rings is 1. The summed E-state index contributed by atoms with van der Waals surface area (Å²) in [6.07, 6.45) is 2.23. The standard InChI is InChI=1S/C17H23NO5/c1-17(2,16(20)21)11-18-15(19)12-5-7-13(8-6-12)23-10-14-4-3-9-22-14/h5-8,14H,3-4,9-11H2,1-2H3,(H,18,19)(H,20,21). The second-order valence-electron chi connectivity index (χ2n) is 6.34.